The monoisotopic (exact) mass is 144 g/mol. The first-order valence-electron chi connectivity index (χ1n) is 3.48. The maximum Gasteiger partial charge on any atom is 0.122 e. The molecular weight excluding hydrogens is 132 g/mol. The van der Waals surface area contributed by atoms with Gasteiger partial charge in [-0.15, -0.1) is 0 Å². The van der Waals surface area contributed by atoms with E-state index in [0.29, 0.717) is 0 Å². The summed E-state index contributed by atoms with van der Waals surface area (Å²) in [5.41, 5.74) is 2.72. The van der Waals surface area contributed by atoms with Crippen molar-refractivity contribution in [2.24, 2.45) is 5.16 Å². The molecule has 2 aliphatic heterocycles. The topological polar surface area (TPSA) is 42.8 Å². The quantitative estimate of drug-likeness (QED) is 0.532. The SMILES string of the molecule is C1=NOCC1.C1CNOC1. The average Bonchev–Trinajstić information content (AvgIpc) is 2.67. The molecule has 58 valence electrons. The van der Waals surface area contributed by atoms with Gasteiger partial charge in [0.2, 0.25) is 0 Å². The third kappa shape index (κ3) is 3.42. The number of hydroxylamine groups is 1. The highest BCUT2D eigenvalue weighted by Gasteiger charge is 1.93. The first-order valence-corrected chi connectivity index (χ1v) is 3.48. The fourth-order valence-corrected chi connectivity index (χ4v) is 0.624. The van der Waals surface area contributed by atoms with Crippen LogP contribution in [0, 0.1) is 0 Å². The largest absolute Gasteiger partial charge is 0.396 e. The Kier molecular flexibility index (Phi) is 3.90. The lowest BCUT2D eigenvalue weighted by atomic mass is 10.5. The molecule has 0 saturated carbocycles. The van der Waals surface area contributed by atoms with Crippen LogP contribution in [0.4, 0.5) is 0 Å². The van der Waals surface area contributed by atoms with E-state index in [1.165, 1.54) is 6.42 Å². The van der Waals surface area contributed by atoms with Crippen LogP contribution in [-0.4, -0.2) is 26.0 Å². The van der Waals surface area contributed by atoms with E-state index in [4.69, 9.17) is 4.84 Å². The Morgan fingerprint density at radius 3 is 2.60 bits per heavy atom. The molecule has 2 heterocycles. The van der Waals surface area contributed by atoms with E-state index in [1.807, 2.05) is 0 Å². The minimum atomic E-state index is 0.778. The molecule has 0 spiro atoms. The van der Waals surface area contributed by atoms with Gasteiger partial charge < -0.3 is 9.68 Å². The molecular formula is C6H12N2O2. The zero-order chi connectivity index (χ0) is 7.07. The van der Waals surface area contributed by atoms with Crippen molar-refractivity contribution in [3.8, 4) is 0 Å². The fraction of sp³-hybridized carbons (Fsp3) is 0.833. The summed E-state index contributed by atoms with van der Waals surface area (Å²) in [5, 5.41) is 3.46. The van der Waals surface area contributed by atoms with E-state index >= 15 is 0 Å². The second kappa shape index (κ2) is 5.20. The average molecular weight is 144 g/mol. The molecule has 2 aliphatic rings. The Morgan fingerprint density at radius 2 is 2.40 bits per heavy atom. The summed E-state index contributed by atoms with van der Waals surface area (Å²) >= 11 is 0. The molecule has 4 heteroatoms. The highest BCUT2D eigenvalue weighted by molar-refractivity contribution is 5.57. The van der Waals surface area contributed by atoms with Crippen LogP contribution >= 0.6 is 0 Å². The van der Waals surface area contributed by atoms with Crippen LogP contribution in [0.1, 0.15) is 12.8 Å². The third-order valence-corrected chi connectivity index (χ3v) is 1.11. The van der Waals surface area contributed by atoms with Gasteiger partial charge >= 0.3 is 0 Å². The van der Waals surface area contributed by atoms with Crippen molar-refractivity contribution in [1.29, 1.82) is 0 Å². The first-order chi connectivity index (χ1) is 5.00. The number of hydrogen-bond donors (Lipinski definition) is 1. The van der Waals surface area contributed by atoms with Gasteiger partial charge in [-0.25, -0.2) is 5.48 Å². The van der Waals surface area contributed by atoms with Crippen LogP contribution in [0.2, 0.25) is 0 Å². The molecule has 0 amide bonds. The van der Waals surface area contributed by atoms with Crippen molar-refractivity contribution in [2.45, 2.75) is 12.8 Å². The van der Waals surface area contributed by atoms with E-state index < -0.39 is 0 Å². The maximum absolute atomic E-state index is 4.69. The molecule has 2 rings (SSSR count). The Labute approximate surface area is 60.1 Å². The second-order valence-electron chi connectivity index (χ2n) is 2.01. The zero-order valence-corrected chi connectivity index (χ0v) is 5.88. The molecule has 1 N–H and O–H groups in total. The summed E-state index contributed by atoms with van der Waals surface area (Å²) in [6.45, 7) is 2.69. The highest BCUT2D eigenvalue weighted by atomic mass is 16.6. The lowest BCUT2D eigenvalue weighted by molar-refractivity contribution is 0.103. The van der Waals surface area contributed by atoms with Crippen molar-refractivity contribution in [3.05, 3.63) is 0 Å². The maximum atomic E-state index is 4.69. The normalized spacial score (nSPS) is 21.6. The molecule has 0 aromatic carbocycles. The molecule has 0 aromatic heterocycles. The van der Waals surface area contributed by atoms with Gasteiger partial charge in [0.05, 0.1) is 6.61 Å². The molecule has 1 fully saturated rings. The standard InChI is InChI=1S/C3H7NO.C3H5NO/c2*1-2-4-5-3-1/h4H,1-3H2;2H,1,3H2. The van der Waals surface area contributed by atoms with E-state index in [0.717, 1.165) is 26.2 Å². The van der Waals surface area contributed by atoms with Crippen LogP contribution in [0.5, 0.6) is 0 Å². The van der Waals surface area contributed by atoms with Gasteiger partial charge in [0.15, 0.2) is 0 Å². The van der Waals surface area contributed by atoms with Crippen LogP contribution in [0.15, 0.2) is 5.16 Å². The predicted octanol–water partition coefficient (Wildman–Crippen LogP) is 0.304. The molecule has 0 atom stereocenters. The van der Waals surface area contributed by atoms with Gasteiger partial charge in [-0.2, -0.15) is 0 Å². The van der Waals surface area contributed by atoms with Gasteiger partial charge in [0, 0.05) is 19.2 Å². The Morgan fingerprint density at radius 1 is 1.40 bits per heavy atom. The van der Waals surface area contributed by atoms with Crippen molar-refractivity contribution >= 4 is 6.21 Å². The molecule has 0 radical (unpaired) electrons. The summed E-state index contributed by atoms with van der Waals surface area (Å²) in [6, 6.07) is 0. The van der Waals surface area contributed by atoms with Gasteiger partial charge in [0.1, 0.15) is 6.61 Å². The van der Waals surface area contributed by atoms with Crippen molar-refractivity contribution in [3.63, 3.8) is 0 Å². The van der Waals surface area contributed by atoms with E-state index in [1.54, 1.807) is 6.21 Å². The number of oxime groups is 1. The van der Waals surface area contributed by atoms with E-state index in [9.17, 15) is 0 Å². The summed E-state index contributed by atoms with van der Waals surface area (Å²) in [4.78, 5) is 9.21. The van der Waals surface area contributed by atoms with Crippen LogP contribution in [-0.2, 0) is 9.68 Å². The predicted molar refractivity (Wildman–Crippen MR) is 37.6 cm³/mol. The van der Waals surface area contributed by atoms with Crippen LogP contribution in [0.3, 0.4) is 0 Å². The summed E-state index contributed by atoms with van der Waals surface area (Å²) < 4.78 is 0. The number of rotatable bonds is 0. The number of nitrogens with zero attached hydrogens (tertiary/aromatic N) is 1. The molecule has 0 aliphatic carbocycles. The lowest BCUT2D eigenvalue weighted by Crippen LogP contribution is -2.01. The summed E-state index contributed by atoms with van der Waals surface area (Å²) in [7, 11) is 0. The summed E-state index contributed by atoms with van der Waals surface area (Å²) in [5.74, 6) is 0. The Bertz CT molecular complexity index is 88.3. The van der Waals surface area contributed by atoms with Crippen molar-refractivity contribution < 1.29 is 9.68 Å². The van der Waals surface area contributed by atoms with E-state index in [2.05, 4.69) is 15.5 Å². The second-order valence-corrected chi connectivity index (χ2v) is 2.01. The molecule has 0 bridgehead atoms. The summed E-state index contributed by atoms with van der Waals surface area (Å²) in [6.07, 6.45) is 3.92. The number of nitrogens with one attached hydrogen (secondary N) is 1. The van der Waals surface area contributed by atoms with Crippen LogP contribution < -0.4 is 5.48 Å². The van der Waals surface area contributed by atoms with E-state index in [-0.39, 0.29) is 0 Å². The zero-order valence-electron chi connectivity index (χ0n) is 5.88. The Hall–Kier alpha value is -0.610. The molecule has 10 heavy (non-hydrogen) atoms. The fourth-order valence-electron chi connectivity index (χ4n) is 0.624. The van der Waals surface area contributed by atoms with Crippen molar-refractivity contribution in [2.75, 3.05) is 19.8 Å². The van der Waals surface area contributed by atoms with Crippen molar-refractivity contribution in [1.82, 2.24) is 5.48 Å². The number of hydrogen-bond acceptors (Lipinski definition) is 4. The minimum Gasteiger partial charge on any atom is -0.396 e. The van der Waals surface area contributed by atoms with Gasteiger partial charge in [0.25, 0.3) is 0 Å². The molecule has 1 saturated heterocycles. The van der Waals surface area contributed by atoms with Gasteiger partial charge in [-0.3, -0.25) is 0 Å². The molecule has 4 nitrogen and oxygen atoms in total. The van der Waals surface area contributed by atoms with Gasteiger partial charge in [-0.1, -0.05) is 5.16 Å². The Balaban J connectivity index is 0.0000001000. The molecule has 0 unspecified atom stereocenters. The first kappa shape index (κ1) is 7.50. The van der Waals surface area contributed by atoms with Gasteiger partial charge in [-0.05, 0) is 6.42 Å². The lowest BCUT2D eigenvalue weighted by Gasteiger charge is -1.80. The van der Waals surface area contributed by atoms with Crippen LogP contribution in [0.25, 0.3) is 0 Å². The smallest absolute Gasteiger partial charge is 0.122 e. The highest BCUT2D eigenvalue weighted by Crippen LogP contribution is 1.86. The minimum absolute atomic E-state index is 0.778. The third-order valence-electron chi connectivity index (χ3n) is 1.11. The molecule has 0 aromatic rings.